The van der Waals surface area contributed by atoms with Crippen molar-refractivity contribution in [3.05, 3.63) is 22.1 Å². The van der Waals surface area contributed by atoms with Crippen molar-refractivity contribution in [2.24, 2.45) is 5.92 Å². The summed E-state index contributed by atoms with van der Waals surface area (Å²) in [4.78, 5) is 31.1. The van der Waals surface area contributed by atoms with Crippen LogP contribution in [0, 0.1) is 12.8 Å². The van der Waals surface area contributed by atoms with Gasteiger partial charge in [0.15, 0.2) is 0 Å². The molecule has 2 aromatic heterocycles. The number of aromatic nitrogens is 3. The van der Waals surface area contributed by atoms with Crippen LogP contribution in [0.5, 0.6) is 0 Å². The molecule has 1 amide bonds. The Morgan fingerprint density at radius 2 is 2.09 bits per heavy atom. The highest BCUT2D eigenvalue weighted by Gasteiger charge is 2.27. The van der Waals surface area contributed by atoms with Crippen molar-refractivity contribution >= 4 is 27.3 Å². The van der Waals surface area contributed by atoms with E-state index in [0.29, 0.717) is 10.7 Å². The normalized spacial score (nSPS) is 16.3. The molecule has 1 saturated heterocycles. The van der Waals surface area contributed by atoms with Crippen LogP contribution in [0.15, 0.2) is 10.9 Å². The molecule has 2 aromatic rings. The summed E-state index contributed by atoms with van der Waals surface area (Å²) < 4.78 is 1.35. The molecule has 1 N–H and O–H groups in total. The number of hydrogen-bond acceptors (Lipinski definition) is 6. The number of amides is 1. The Labute approximate surface area is 138 Å². The fourth-order valence-electron chi connectivity index (χ4n) is 2.77. The van der Waals surface area contributed by atoms with E-state index in [9.17, 15) is 9.59 Å². The highest BCUT2D eigenvalue weighted by molar-refractivity contribution is 7.20. The number of hydrogen-bond donors (Lipinski definition) is 1. The fraction of sp³-hybridized carbons (Fsp3) is 0.600. The van der Waals surface area contributed by atoms with Crippen molar-refractivity contribution in [1.29, 1.82) is 0 Å². The number of piperidine rings is 1. The first-order valence-corrected chi connectivity index (χ1v) is 8.68. The summed E-state index contributed by atoms with van der Waals surface area (Å²) in [6.45, 7) is 7.29. The van der Waals surface area contributed by atoms with E-state index >= 15 is 0 Å². The molecule has 3 heterocycles. The van der Waals surface area contributed by atoms with Crippen LogP contribution < -0.4 is 15.8 Å². The number of anilines is 1. The highest BCUT2D eigenvalue weighted by Crippen LogP contribution is 2.26. The van der Waals surface area contributed by atoms with Gasteiger partial charge in [0.2, 0.25) is 16.0 Å². The molecule has 0 saturated carbocycles. The minimum absolute atomic E-state index is 0.0612. The zero-order valence-corrected chi connectivity index (χ0v) is 14.4. The molecular formula is C15H21N5O2S. The average Bonchev–Trinajstić information content (AvgIpc) is 2.91. The number of nitrogens with one attached hydrogen (secondary N) is 1. The number of carbonyl (C=O) groups excluding carboxylic acids is 1. The fourth-order valence-corrected chi connectivity index (χ4v) is 3.78. The molecule has 0 spiro atoms. The van der Waals surface area contributed by atoms with Gasteiger partial charge in [-0.25, -0.2) is 4.98 Å². The van der Waals surface area contributed by atoms with Crippen LogP contribution in [-0.4, -0.2) is 39.6 Å². The van der Waals surface area contributed by atoms with Crippen molar-refractivity contribution in [2.45, 2.75) is 39.7 Å². The second kappa shape index (κ2) is 6.27. The predicted octanol–water partition coefficient (Wildman–Crippen LogP) is 1.20. The molecule has 0 atom stereocenters. The Kier molecular flexibility index (Phi) is 4.34. The lowest BCUT2D eigenvalue weighted by Gasteiger charge is -2.31. The summed E-state index contributed by atoms with van der Waals surface area (Å²) in [7, 11) is 0. The smallest absolute Gasteiger partial charge is 0.275 e. The van der Waals surface area contributed by atoms with E-state index in [1.54, 1.807) is 6.92 Å². The lowest BCUT2D eigenvalue weighted by molar-refractivity contribution is -0.126. The molecule has 1 aliphatic heterocycles. The summed E-state index contributed by atoms with van der Waals surface area (Å²) in [5.41, 5.74) is 0.551. The number of aryl methyl sites for hydroxylation is 1. The Bertz CT molecular complexity index is 774. The number of fused-ring (bicyclic) bond motifs is 1. The molecule has 23 heavy (non-hydrogen) atoms. The van der Waals surface area contributed by atoms with E-state index in [1.807, 2.05) is 13.8 Å². The second-order valence-electron chi connectivity index (χ2n) is 6.24. The van der Waals surface area contributed by atoms with E-state index in [0.717, 1.165) is 31.1 Å². The van der Waals surface area contributed by atoms with E-state index in [-0.39, 0.29) is 23.4 Å². The standard InChI is InChI=1S/C15H21N5O2S/c1-9(2)16-13(22)11-4-6-19(7-5-11)15-18-20-12(21)8-10(3)17-14(20)23-15/h8-9,11H,4-7H2,1-3H3,(H,16,22). The minimum Gasteiger partial charge on any atom is -0.354 e. The van der Waals surface area contributed by atoms with Crippen molar-refractivity contribution in [3.63, 3.8) is 0 Å². The first-order valence-electron chi connectivity index (χ1n) is 7.87. The Morgan fingerprint density at radius 1 is 1.39 bits per heavy atom. The summed E-state index contributed by atoms with van der Waals surface area (Å²) >= 11 is 1.42. The molecule has 3 rings (SSSR count). The molecule has 124 valence electrons. The first kappa shape index (κ1) is 15.9. The van der Waals surface area contributed by atoms with Gasteiger partial charge in [0.1, 0.15) is 0 Å². The van der Waals surface area contributed by atoms with Crippen LogP contribution in [-0.2, 0) is 4.79 Å². The SMILES string of the molecule is Cc1cc(=O)n2nc(N3CCC(C(=O)NC(C)C)CC3)sc2n1. The number of nitrogens with zero attached hydrogens (tertiary/aromatic N) is 4. The third-order valence-corrected chi connectivity index (χ3v) is 4.90. The molecule has 7 nitrogen and oxygen atoms in total. The zero-order valence-electron chi connectivity index (χ0n) is 13.6. The van der Waals surface area contributed by atoms with E-state index in [2.05, 4.69) is 20.3 Å². The lowest BCUT2D eigenvalue weighted by atomic mass is 9.96. The molecular weight excluding hydrogens is 314 g/mol. The van der Waals surface area contributed by atoms with Crippen LogP contribution in [0.3, 0.4) is 0 Å². The maximum Gasteiger partial charge on any atom is 0.275 e. The monoisotopic (exact) mass is 335 g/mol. The van der Waals surface area contributed by atoms with E-state index in [4.69, 9.17) is 0 Å². The van der Waals surface area contributed by atoms with Gasteiger partial charge in [-0.2, -0.15) is 4.52 Å². The highest BCUT2D eigenvalue weighted by atomic mass is 32.1. The van der Waals surface area contributed by atoms with E-state index in [1.165, 1.54) is 21.9 Å². The minimum atomic E-state index is -0.152. The topological polar surface area (TPSA) is 79.6 Å². The summed E-state index contributed by atoms with van der Waals surface area (Å²) in [5.74, 6) is 0.198. The van der Waals surface area contributed by atoms with Crippen molar-refractivity contribution < 1.29 is 4.79 Å². The summed E-state index contributed by atoms with van der Waals surface area (Å²) in [6.07, 6.45) is 1.60. The molecule has 1 aliphatic rings. The van der Waals surface area contributed by atoms with E-state index < -0.39 is 0 Å². The largest absolute Gasteiger partial charge is 0.354 e. The van der Waals surface area contributed by atoms with Gasteiger partial charge in [-0.05, 0) is 33.6 Å². The van der Waals surface area contributed by atoms with Gasteiger partial charge >= 0.3 is 0 Å². The molecule has 0 bridgehead atoms. The quantitative estimate of drug-likeness (QED) is 0.912. The number of carbonyl (C=O) groups is 1. The Morgan fingerprint density at radius 3 is 2.74 bits per heavy atom. The van der Waals surface area contributed by atoms with Crippen LogP contribution in [0.1, 0.15) is 32.4 Å². The lowest BCUT2D eigenvalue weighted by Crippen LogP contribution is -2.42. The molecule has 0 aromatic carbocycles. The zero-order chi connectivity index (χ0) is 16.6. The number of rotatable bonds is 3. The maximum absolute atomic E-state index is 12.1. The maximum atomic E-state index is 12.1. The van der Waals surface area contributed by atoms with Gasteiger partial charge < -0.3 is 10.2 Å². The average molecular weight is 335 g/mol. The summed E-state index contributed by atoms with van der Waals surface area (Å²) in [6, 6.07) is 1.66. The Balaban J connectivity index is 1.72. The van der Waals surface area contributed by atoms with Gasteiger partial charge in [-0.15, -0.1) is 5.10 Å². The van der Waals surface area contributed by atoms with Gasteiger partial charge in [0, 0.05) is 36.8 Å². The van der Waals surface area contributed by atoms with Crippen molar-refractivity contribution in [3.8, 4) is 0 Å². The van der Waals surface area contributed by atoms with Crippen LogP contribution >= 0.6 is 11.3 Å². The van der Waals surface area contributed by atoms with Gasteiger partial charge in [0.25, 0.3) is 5.56 Å². The van der Waals surface area contributed by atoms with Crippen molar-refractivity contribution in [1.82, 2.24) is 19.9 Å². The molecule has 0 unspecified atom stereocenters. The first-order chi connectivity index (χ1) is 10.9. The predicted molar refractivity (Wildman–Crippen MR) is 90.1 cm³/mol. The molecule has 1 fully saturated rings. The molecule has 8 heteroatoms. The van der Waals surface area contributed by atoms with Crippen LogP contribution in [0.25, 0.3) is 4.96 Å². The second-order valence-corrected chi connectivity index (χ2v) is 7.17. The molecule has 0 radical (unpaired) electrons. The van der Waals surface area contributed by atoms with Crippen molar-refractivity contribution in [2.75, 3.05) is 18.0 Å². The third-order valence-electron chi connectivity index (χ3n) is 3.93. The van der Waals surface area contributed by atoms with Gasteiger partial charge in [-0.1, -0.05) is 11.3 Å². The third kappa shape index (κ3) is 3.36. The van der Waals surface area contributed by atoms with Crippen LogP contribution in [0.2, 0.25) is 0 Å². The van der Waals surface area contributed by atoms with Gasteiger partial charge in [0.05, 0.1) is 0 Å². The summed E-state index contributed by atoms with van der Waals surface area (Å²) in [5, 5.41) is 8.15. The Hall–Kier alpha value is -1.96. The van der Waals surface area contributed by atoms with Gasteiger partial charge in [-0.3, -0.25) is 9.59 Å². The van der Waals surface area contributed by atoms with Crippen LogP contribution in [0.4, 0.5) is 5.13 Å². The molecule has 0 aliphatic carbocycles.